The van der Waals surface area contributed by atoms with Gasteiger partial charge in [0.15, 0.2) is 0 Å². The van der Waals surface area contributed by atoms with Gasteiger partial charge < -0.3 is 5.11 Å². The highest BCUT2D eigenvalue weighted by atomic mass is 16.4. The van der Waals surface area contributed by atoms with Gasteiger partial charge in [-0.1, -0.05) is 84.9 Å². The van der Waals surface area contributed by atoms with Gasteiger partial charge in [0, 0.05) is 28.8 Å². The fourth-order valence-corrected chi connectivity index (χ4v) is 4.61. The van der Waals surface area contributed by atoms with Crippen LogP contribution in [0.2, 0.25) is 0 Å². The summed E-state index contributed by atoms with van der Waals surface area (Å²) in [6.45, 7) is 0. The van der Waals surface area contributed by atoms with E-state index in [-0.39, 0.29) is 11.1 Å². The predicted molar refractivity (Wildman–Crippen MR) is 145 cm³/mol. The quantitative estimate of drug-likeness (QED) is 0.203. The van der Waals surface area contributed by atoms with Crippen molar-refractivity contribution in [2.75, 3.05) is 0 Å². The van der Waals surface area contributed by atoms with E-state index in [2.05, 4.69) is 6.07 Å². The minimum atomic E-state index is -1.31. The van der Waals surface area contributed by atoms with E-state index in [1.165, 1.54) is 12.1 Å². The Hall–Kier alpha value is -5.34. The zero-order chi connectivity index (χ0) is 26.5. The smallest absolute Gasteiger partial charge is 0.336 e. The number of nitriles is 1. The molecule has 0 fully saturated rings. The number of carboxylic acids is 1. The van der Waals surface area contributed by atoms with E-state index in [4.69, 9.17) is 0 Å². The Bertz CT molecular complexity index is 1600. The summed E-state index contributed by atoms with van der Waals surface area (Å²) in [4.78, 5) is 25.8. The Labute approximate surface area is 220 Å². The molecule has 1 N–H and O–H groups in total. The molecule has 0 aliphatic rings. The Morgan fingerprint density at radius 2 is 1.03 bits per heavy atom. The number of aromatic carboxylic acids is 1. The molecule has 5 nitrogen and oxygen atoms in total. The van der Waals surface area contributed by atoms with Crippen LogP contribution in [0.3, 0.4) is 0 Å². The zero-order valence-electron chi connectivity index (χ0n) is 20.4. The second kappa shape index (κ2) is 10.7. The molecule has 1 unspecified atom stereocenters. The molecule has 0 saturated heterocycles. The maximum atomic E-state index is 13.9. The summed E-state index contributed by atoms with van der Waals surface area (Å²) in [5, 5.41) is 20.2. The third-order valence-corrected chi connectivity index (χ3v) is 6.40. The molecule has 182 valence electrons. The van der Waals surface area contributed by atoms with Gasteiger partial charge >= 0.3 is 12.0 Å². The third kappa shape index (κ3) is 4.71. The van der Waals surface area contributed by atoms with E-state index in [1.807, 2.05) is 103 Å². The average molecular weight is 496 g/mol. The van der Waals surface area contributed by atoms with Crippen LogP contribution < -0.4 is 4.57 Å². The summed E-state index contributed by atoms with van der Waals surface area (Å²) < 4.78 is 1.72. The van der Waals surface area contributed by atoms with E-state index >= 15 is 0 Å². The second-order valence-electron chi connectivity index (χ2n) is 8.73. The zero-order valence-corrected chi connectivity index (χ0v) is 20.4. The van der Waals surface area contributed by atoms with Crippen LogP contribution in [0.1, 0.15) is 26.8 Å². The Morgan fingerprint density at radius 3 is 1.47 bits per heavy atom. The molecule has 0 aliphatic heterocycles. The van der Waals surface area contributed by atoms with Crippen LogP contribution in [0.4, 0.5) is 0 Å². The van der Waals surface area contributed by atoms with E-state index in [1.54, 1.807) is 16.7 Å². The summed E-state index contributed by atoms with van der Waals surface area (Å²) in [5.74, 6) is -1.81. The number of benzene rings is 4. The molecule has 0 aliphatic carbocycles. The minimum absolute atomic E-state index is 0.00999. The van der Waals surface area contributed by atoms with Crippen molar-refractivity contribution < 1.29 is 19.3 Å². The van der Waals surface area contributed by atoms with E-state index in [0.29, 0.717) is 11.4 Å². The predicted octanol–water partition coefficient (Wildman–Crippen LogP) is 6.62. The standard InChI is InChI=1S/C33H22N2O3/c34-22-31(32(36)27-18-10-11-19-28(27)33(37)38)35-29(24-14-6-2-7-15-24)20-26(23-12-4-1-5-13-23)21-30(35)25-16-8-3-9-17-25/h1-21,31H/p+1. The highest BCUT2D eigenvalue weighted by Crippen LogP contribution is 2.31. The van der Waals surface area contributed by atoms with Crippen molar-refractivity contribution >= 4 is 11.8 Å². The van der Waals surface area contributed by atoms with Gasteiger partial charge in [-0.05, 0) is 41.5 Å². The Morgan fingerprint density at radius 1 is 0.605 bits per heavy atom. The molecule has 0 saturated carbocycles. The molecule has 1 aromatic heterocycles. The summed E-state index contributed by atoms with van der Waals surface area (Å²) in [6.07, 6.45) is 0. The molecular formula is C33H23N2O3+. The van der Waals surface area contributed by atoms with E-state index < -0.39 is 17.8 Å². The van der Waals surface area contributed by atoms with E-state index in [0.717, 1.165) is 22.3 Å². The third-order valence-electron chi connectivity index (χ3n) is 6.40. The molecule has 0 amide bonds. The maximum Gasteiger partial charge on any atom is 0.336 e. The number of rotatable bonds is 7. The molecule has 1 atom stereocenters. The number of aromatic nitrogens is 1. The number of carbonyl (C=O) groups is 2. The van der Waals surface area contributed by atoms with Crippen molar-refractivity contribution in [2.45, 2.75) is 6.04 Å². The van der Waals surface area contributed by atoms with Crippen molar-refractivity contribution in [1.29, 1.82) is 5.26 Å². The number of carboxylic acid groups (broad SMARTS) is 1. The fourth-order valence-electron chi connectivity index (χ4n) is 4.61. The van der Waals surface area contributed by atoms with Crippen molar-refractivity contribution in [3.8, 4) is 39.7 Å². The number of carbonyl (C=O) groups excluding carboxylic acids is 1. The van der Waals surface area contributed by atoms with Gasteiger partial charge in [-0.3, -0.25) is 4.79 Å². The first-order valence-electron chi connectivity index (χ1n) is 12.1. The first kappa shape index (κ1) is 24.4. The van der Waals surface area contributed by atoms with Crippen LogP contribution in [-0.2, 0) is 0 Å². The molecule has 0 bridgehead atoms. The molecule has 5 heteroatoms. The Balaban J connectivity index is 1.84. The number of ketones is 1. The van der Waals surface area contributed by atoms with Crippen LogP contribution in [0.5, 0.6) is 0 Å². The maximum absolute atomic E-state index is 13.9. The summed E-state index contributed by atoms with van der Waals surface area (Å²) >= 11 is 0. The van der Waals surface area contributed by atoms with Crippen molar-refractivity contribution in [1.82, 2.24) is 0 Å². The lowest BCUT2D eigenvalue weighted by Crippen LogP contribution is -2.47. The number of hydrogen-bond donors (Lipinski definition) is 1. The minimum Gasteiger partial charge on any atom is -0.478 e. The molecule has 5 rings (SSSR count). The lowest BCUT2D eigenvalue weighted by Gasteiger charge is -2.16. The van der Waals surface area contributed by atoms with Gasteiger partial charge in [-0.15, -0.1) is 0 Å². The van der Waals surface area contributed by atoms with Gasteiger partial charge in [0.25, 0.3) is 0 Å². The lowest BCUT2D eigenvalue weighted by atomic mass is 9.95. The molecule has 1 heterocycles. The van der Waals surface area contributed by atoms with Gasteiger partial charge in [-0.25, -0.2) is 4.79 Å². The molecular weight excluding hydrogens is 472 g/mol. The van der Waals surface area contributed by atoms with Crippen molar-refractivity contribution in [3.05, 3.63) is 139 Å². The monoisotopic (exact) mass is 495 g/mol. The summed E-state index contributed by atoms with van der Waals surface area (Å²) in [6, 6.07) is 39.9. The van der Waals surface area contributed by atoms with Crippen LogP contribution >= 0.6 is 0 Å². The topological polar surface area (TPSA) is 82.0 Å². The number of Topliss-reactive ketones (excluding diaryl/α,β-unsaturated/α-hetero) is 1. The summed E-state index contributed by atoms with van der Waals surface area (Å²) in [5.41, 5.74) is 4.74. The van der Waals surface area contributed by atoms with Crippen molar-refractivity contribution in [3.63, 3.8) is 0 Å². The summed E-state index contributed by atoms with van der Waals surface area (Å²) in [7, 11) is 0. The second-order valence-corrected chi connectivity index (χ2v) is 8.73. The van der Waals surface area contributed by atoms with Gasteiger partial charge in [-0.2, -0.15) is 9.83 Å². The number of pyridine rings is 1. The highest BCUT2D eigenvalue weighted by molar-refractivity contribution is 6.07. The molecule has 0 spiro atoms. The largest absolute Gasteiger partial charge is 0.478 e. The number of nitrogens with zero attached hydrogens (tertiary/aromatic N) is 2. The number of hydrogen-bond acceptors (Lipinski definition) is 3. The molecule has 4 aromatic carbocycles. The van der Waals surface area contributed by atoms with Crippen LogP contribution in [0, 0.1) is 11.3 Å². The van der Waals surface area contributed by atoms with Crippen molar-refractivity contribution in [2.24, 2.45) is 0 Å². The van der Waals surface area contributed by atoms with Crippen LogP contribution in [0.25, 0.3) is 33.6 Å². The SMILES string of the molecule is N#CC(C(=O)c1ccccc1C(=O)O)[n+]1c(-c2ccccc2)cc(-c2ccccc2)cc1-c1ccccc1. The first-order valence-corrected chi connectivity index (χ1v) is 12.1. The molecule has 38 heavy (non-hydrogen) atoms. The van der Waals surface area contributed by atoms with Gasteiger partial charge in [0.2, 0.25) is 17.2 Å². The van der Waals surface area contributed by atoms with E-state index in [9.17, 15) is 20.0 Å². The molecule has 5 aromatic rings. The van der Waals surface area contributed by atoms with Gasteiger partial charge in [0.05, 0.1) is 5.56 Å². The molecule has 0 radical (unpaired) electrons. The first-order chi connectivity index (χ1) is 18.6. The van der Waals surface area contributed by atoms with Crippen LogP contribution in [-0.4, -0.2) is 16.9 Å². The van der Waals surface area contributed by atoms with Gasteiger partial charge in [0.1, 0.15) is 6.07 Å². The fraction of sp³-hybridized carbons (Fsp3) is 0.0303. The Kier molecular flexibility index (Phi) is 6.88. The lowest BCUT2D eigenvalue weighted by molar-refractivity contribution is -0.674. The highest BCUT2D eigenvalue weighted by Gasteiger charge is 2.37. The average Bonchev–Trinajstić information content (AvgIpc) is 2.98. The normalized spacial score (nSPS) is 11.3. The van der Waals surface area contributed by atoms with Crippen LogP contribution in [0.15, 0.2) is 127 Å².